The van der Waals surface area contributed by atoms with Gasteiger partial charge in [0.2, 0.25) is 0 Å². The van der Waals surface area contributed by atoms with Crippen LogP contribution in [-0.2, 0) is 7.05 Å². The Morgan fingerprint density at radius 1 is 1.55 bits per heavy atom. The van der Waals surface area contributed by atoms with Crippen molar-refractivity contribution in [3.05, 3.63) is 34.3 Å². The number of aliphatic hydroxyl groups is 1. The highest BCUT2D eigenvalue weighted by atomic mass is 35.5. The normalized spacial score (nSPS) is 9.75. The van der Waals surface area contributed by atoms with Gasteiger partial charge in [0.1, 0.15) is 6.61 Å². The Bertz CT molecular complexity index is 701. The first-order valence-electron chi connectivity index (χ1n) is 5.55. The molecular formula is C12H10ClN5O2. The van der Waals surface area contributed by atoms with Crippen LogP contribution in [0.25, 0.3) is 0 Å². The number of anilines is 1. The van der Waals surface area contributed by atoms with Gasteiger partial charge in [-0.1, -0.05) is 28.5 Å². The number of tetrazole rings is 1. The number of aliphatic hydroxyl groups excluding tert-OH is 1. The van der Waals surface area contributed by atoms with Crippen LogP contribution < -0.4 is 5.32 Å². The Morgan fingerprint density at radius 3 is 2.95 bits per heavy atom. The summed E-state index contributed by atoms with van der Waals surface area (Å²) in [4.78, 5) is 13.2. The minimum Gasteiger partial charge on any atom is -0.384 e. The largest absolute Gasteiger partial charge is 0.384 e. The number of nitrogens with one attached hydrogen (secondary N) is 1. The Labute approximate surface area is 119 Å². The third-order valence-electron chi connectivity index (χ3n) is 2.27. The number of halogens is 1. The third kappa shape index (κ3) is 3.32. The first-order valence-corrected chi connectivity index (χ1v) is 5.92. The Hall–Kier alpha value is -2.43. The standard InChI is InChI=1S/C12H10ClN5O2/c1-18-16-12(15-17-18)14-11(20)9-5-4-8(3-2-6-19)10(13)7-9/h4-5,7,19H,6H2,1H3,(H,14,16,20). The summed E-state index contributed by atoms with van der Waals surface area (Å²) in [5.41, 5.74) is 0.881. The Morgan fingerprint density at radius 2 is 2.35 bits per heavy atom. The lowest BCUT2D eigenvalue weighted by molar-refractivity contribution is 0.102. The molecule has 0 aliphatic carbocycles. The number of carbonyl (C=O) groups is 1. The van der Waals surface area contributed by atoms with Crippen LogP contribution in [0.5, 0.6) is 0 Å². The van der Waals surface area contributed by atoms with Gasteiger partial charge in [0.15, 0.2) is 0 Å². The molecule has 0 bridgehead atoms. The van der Waals surface area contributed by atoms with Gasteiger partial charge in [0.05, 0.1) is 12.1 Å². The van der Waals surface area contributed by atoms with E-state index in [4.69, 9.17) is 16.7 Å². The van der Waals surface area contributed by atoms with Crippen molar-refractivity contribution in [1.82, 2.24) is 20.2 Å². The molecule has 1 amide bonds. The molecule has 0 saturated carbocycles. The van der Waals surface area contributed by atoms with E-state index < -0.39 is 5.91 Å². The maximum atomic E-state index is 11.9. The Kier molecular flexibility index (Phi) is 4.30. The maximum absolute atomic E-state index is 11.9. The summed E-state index contributed by atoms with van der Waals surface area (Å²) in [7, 11) is 1.59. The van der Waals surface area contributed by atoms with Gasteiger partial charge >= 0.3 is 0 Å². The fourth-order valence-electron chi connectivity index (χ4n) is 1.40. The van der Waals surface area contributed by atoms with E-state index in [1.807, 2.05) is 0 Å². The van der Waals surface area contributed by atoms with Gasteiger partial charge in [-0.25, -0.2) is 0 Å². The number of amides is 1. The summed E-state index contributed by atoms with van der Waals surface area (Å²) in [5.74, 6) is 4.87. The van der Waals surface area contributed by atoms with Crippen molar-refractivity contribution in [2.45, 2.75) is 0 Å². The lowest BCUT2D eigenvalue weighted by Crippen LogP contribution is -2.13. The highest BCUT2D eigenvalue weighted by Gasteiger charge is 2.10. The number of aromatic nitrogens is 4. The molecular weight excluding hydrogens is 282 g/mol. The number of nitrogens with zero attached hydrogens (tertiary/aromatic N) is 4. The lowest BCUT2D eigenvalue weighted by Gasteiger charge is -2.02. The SMILES string of the molecule is Cn1nnc(NC(=O)c2ccc(C#CCO)c(Cl)c2)n1. The van der Waals surface area contributed by atoms with Crippen molar-refractivity contribution < 1.29 is 9.90 Å². The van der Waals surface area contributed by atoms with Crippen LogP contribution in [0.1, 0.15) is 15.9 Å². The second-order valence-electron chi connectivity index (χ2n) is 3.71. The summed E-state index contributed by atoms with van der Waals surface area (Å²) >= 11 is 6.00. The van der Waals surface area contributed by atoms with E-state index >= 15 is 0 Å². The molecule has 0 radical (unpaired) electrons. The van der Waals surface area contributed by atoms with Gasteiger partial charge < -0.3 is 5.11 Å². The molecule has 0 unspecified atom stereocenters. The smallest absolute Gasteiger partial charge is 0.270 e. The summed E-state index contributed by atoms with van der Waals surface area (Å²) in [6, 6.07) is 4.65. The second kappa shape index (κ2) is 6.14. The monoisotopic (exact) mass is 291 g/mol. The van der Waals surface area contributed by atoms with Crippen LogP contribution in [0.3, 0.4) is 0 Å². The quantitative estimate of drug-likeness (QED) is 0.784. The summed E-state index contributed by atoms with van der Waals surface area (Å²) < 4.78 is 0. The number of carbonyl (C=O) groups excluding carboxylic acids is 1. The molecule has 102 valence electrons. The van der Waals surface area contributed by atoms with E-state index in [0.29, 0.717) is 16.1 Å². The van der Waals surface area contributed by atoms with Crippen molar-refractivity contribution in [2.75, 3.05) is 11.9 Å². The number of aryl methyl sites for hydroxylation is 1. The minimum atomic E-state index is -0.401. The molecule has 2 rings (SSSR count). The van der Waals surface area contributed by atoms with Crippen LogP contribution in [0, 0.1) is 11.8 Å². The molecule has 1 heterocycles. The number of benzene rings is 1. The zero-order valence-corrected chi connectivity index (χ0v) is 11.2. The van der Waals surface area contributed by atoms with Crippen molar-refractivity contribution in [3.8, 4) is 11.8 Å². The van der Waals surface area contributed by atoms with E-state index in [0.717, 1.165) is 0 Å². The van der Waals surface area contributed by atoms with E-state index in [1.165, 1.54) is 10.9 Å². The van der Waals surface area contributed by atoms with Gasteiger partial charge in [-0.05, 0) is 23.4 Å². The first kappa shape index (κ1) is 14.0. The molecule has 2 aromatic rings. The second-order valence-corrected chi connectivity index (χ2v) is 4.12. The van der Waals surface area contributed by atoms with Crippen LogP contribution in [0.4, 0.5) is 5.95 Å². The topological polar surface area (TPSA) is 92.9 Å². The summed E-state index contributed by atoms with van der Waals surface area (Å²) in [5, 5.41) is 22.5. The molecule has 0 aliphatic rings. The molecule has 2 N–H and O–H groups in total. The molecule has 0 saturated heterocycles. The van der Waals surface area contributed by atoms with Crippen molar-refractivity contribution in [2.24, 2.45) is 7.05 Å². The molecule has 0 aliphatic heterocycles. The van der Waals surface area contributed by atoms with Crippen LogP contribution in [0.15, 0.2) is 18.2 Å². The maximum Gasteiger partial charge on any atom is 0.270 e. The van der Waals surface area contributed by atoms with E-state index in [2.05, 4.69) is 32.6 Å². The zero-order chi connectivity index (χ0) is 14.5. The van der Waals surface area contributed by atoms with Crippen molar-refractivity contribution >= 4 is 23.5 Å². The molecule has 0 fully saturated rings. The number of hydrogen-bond acceptors (Lipinski definition) is 5. The molecule has 1 aromatic carbocycles. The average molecular weight is 292 g/mol. The third-order valence-corrected chi connectivity index (χ3v) is 2.58. The van der Waals surface area contributed by atoms with Gasteiger partial charge in [-0.2, -0.15) is 4.80 Å². The average Bonchev–Trinajstić information content (AvgIpc) is 2.82. The van der Waals surface area contributed by atoms with Gasteiger partial charge in [0.25, 0.3) is 11.9 Å². The van der Waals surface area contributed by atoms with Gasteiger partial charge in [-0.3, -0.25) is 10.1 Å². The highest BCUT2D eigenvalue weighted by molar-refractivity contribution is 6.32. The zero-order valence-electron chi connectivity index (χ0n) is 10.5. The molecule has 0 atom stereocenters. The predicted octanol–water partition coefficient (Wildman–Crippen LogP) is 0.460. The van der Waals surface area contributed by atoms with E-state index in [9.17, 15) is 4.79 Å². The molecule has 0 spiro atoms. The predicted molar refractivity (Wildman–Crippen MR) is 72.2 cm³/mol. The van der Waals surface area contributed by atoms with Gasteiger partial charge in [0, 0.05) is 11.1 Å². The van der Waals surface area contributed by atoms with Gasteiger partial charge in [-0.15, -0.1) is 5.10 Å². The fourth-order valence-corrected chi connectivity index (χ4v) is 1.63. The van der Waals surface area contributed by atoms with E-state index in [-0.39, 0.29) is 12.6 Å². The Balaban J connectivity index is 2.16. The fraction of sp³-hybridized carbons (Fsp3) is 0.167. The van der Waals surface area contributed by atoms with Crippen LogP contribution in [0.2, 0.25) is 5.02 Å². The molecule has 8 heteroatoms. The highest BCUT2D eigenvalue weighted by Crippen LogP contribution is 2.17. The first-order chi connectivity index (χ1) is 9.60. The van der Waals surface area contributed by atoms with Crippen molar-refractivity contribution in [3.63, 3.8) is 0 Å². The minimum absolute atomic E-state index is 0.109. The number of rotatable bonds is 2. The summed E-state index contributed by atoms with van der Waals surface area (Å²) in [6.07, 6.45) is 0. The van der Waals surface area contributed by atoms with Crippen LogP contribution >= 0.6 is 11.6 Å². The summed E-state index contributed by atoms with van der Waals surface area (Å²) in [6.45, 7) is -0.253. The molecule has 20 heavy (non-hydrogen) atoms. The van der Waals surface area contributed by atoms with E-state index in [1.54, 1.807) is 19.2 Å². The lowest BCUT2D eigenvalue weighted by atomic mass is 10.1. The molecule has 7 nitrogen and oxygen atoms in total. The van der Waals surface area contributed by atoms with Crippen molar-refractivity contribution in [1.29, 1.82) is 0 Å². The molecule has 1 aromatic heterocycles. The number of hydrogen-bond donors (Lipinski definition) is 2. The van der Waals surface area contributed by atoms with Crippen LogP contribution in [-0.4, -0.2) is 37.8 Å².